The van der Waals surface area contributed by atoms with E-state index in [1.54, 1.807) is 0 Å². The lowest BCUT2D eigenvalue weighted by atomic mass is 10.1. The second kappa shape index (κ2) is 6.47. The largest absolute Gasteiger partial charge is 0.480 e. The number of nitrogens with zero attached hydrogens (tertiary/aromatic N) is 2. The fourth-order valence-corrected chi connectivity index (χ4v) is 4.12. The summed E-state index contributed by atoms with van der Waals surface area (Å²) in [4.78, 5) is 15.0. The van der Waals surface area contributed by atoms with Gasteiger partial charge in [-0.25, -0.2) is 4.98 Å². The molecule has 2 N–H and O–H groups in total. The van der Waals surface area contributed by atoms with Gasteiger partial charge in [0, 0.05) is 17.2 Å². The van der Waals surface area contributed by atoms with Crippen LogP contribution >= 0.6 is 27.5 Å². The first-order valence-electron chi connectivity index (χ1n) is 6.14. The maximum Gasteiger partial charge on any atom is 0.322 e. The van der Waals surface area contributed by atoms with Crippen LogP contribution in [-0.2, 0) is 15.0 Å². The molecular formula is C11H13BrClN3O4S. The highest BCUT2D eigenvalue weighted by Crippen LogP contribution is 2.27. The molecule has 1 saturated heterocycles. The van der Waals surface area contributed by atoms with Crippen LogP contribution in [0, 0.1) is 0 Å². The van der Waals surface area contributed by atoms with Gasteiger partial charge in [-0.1, -0.05) is 11.6 Å². The highest BCUT2D eigenvalue weighted by Gasteiger charge is 2.37. The maximum atomic E-state index is 12.4. The number of rotatable bonds is 4. The predicted octanol–water partition coefficient (Wildman–Crippen LogP) is 2.09. The molecule has 0 bridgehead atoms. The molecule has 21 heavy (non-hydrogen) atoms. The van der Waals surface area contributed by atoms with Crippen molar-refractivity contribution in [3.8, 4) is 0 Å². The average Bonchev–Trinajstić information content (AvgIpc) is 2.42. The van der Waals surface area contributed by atoms with E-state index < -0.39 is 22.2 Å². The second-order valence-corrected chi connectivity index (χ2v) is 7.46. The monoisotopic (exact) mass is 397 g/mol. The molecule has 1 atom stereocenters. The van der Waals surface area contributed by atoms with Crippen molar-refractivity contribution in [3.63, 3.8) is 0 Å². The van der Waals surface area contributed by atoms with Crippen LogP contribution in [0.4, 0.5) is 5.69 Å². The zero-order chi connectivity index (χ0) is 15.6. The molecule has 1 aromatic rings. The molecule has 0 aromatic carbocycles. The first-order chi connectivity index (χ1) is 9.81. The zero-order valence-electron chi connectivity index (χ0n) is 10.8. The number of carboxylic acids is 1. The number of hydrogen-bond acceptors (Lipinski definition) is 4. The van der Waals surface area contributed by atoms with Gasteiger partial charge in [-0.3, -0.25) is 9.52 Å². The van der Waals surface area contributed by atoms with Crippen LogP contribution in [0.2, 0.25) is 5.15 Å². The number of aromatic nitrogens is 1. The van der Waals surface area contributed by atoms with E-state index in [2.05, 4.69) is 25.6 Å². The minimum atomic E-state index is -4.01. The van der Waals surface area contributed by atoms with Crippen LogP contribution in [0.25, 0.3) is 0 Å². The fraction of sp³-hybridized carbons (Fsp3) is 0.455. The number of piperidine rings is 1. The van der Waals surface area contributed by atoms with Gasteiger partial charge in [0.05, 0.1) is 5.69 Å². The van der Waals surface area contributed by atoms with Crippen LogP contribution in [0.5, 0.6) is 0 Å². The van der Waals surface area contributed by atoms with E-state index in [-0.39, 0.29) is 17.4 Å². The number of pyridine rings is 1. The Morgan fingerprint density at radius 2 is 2.24 bits per heavy atom. The zero-order valence-corrected chi connectivity index (χ0v) is 13.9. The summed E-state index contributed by atoms with van der Waals surface area (Å²) in [5.74, 6) is -1.15. The van der Waals surface area contributed by atoms with Gasteiger partial charge in [-0.2, -0.15) is 12.7 Å². The van der Waals surface area contributed by atoms with Crippen molar-refractivity contribution in [2.45, 2.75) is 25.3 Å². The van der Waals surface area contributed by atoms with Crippen LogP contribution in [0.3, 0.4) is 0 Å². The van der Waals surface area contributed by atoms with Gasteiger partial charge in [0.2, 0.25) is 0 Å². The molecule has 0 amide bonds. The molecular weight excluding hydrogens is 386 g/mol. The predicted molar refractivity (Wildman–Crippen MR) is 81.5 cm³/mol. The van der Waals surface area contributed by atoms with Crippen LogP contribution in [0.1, 0.15) is 19.3 Å². The van der Waals surface area contributed by atoms with Gasteiger partial charge >= 0.3 is 16.2 Å². The molecule has 10 heteroatoms. The Bertz CT molecular complexity index is 655. The molecule has 2 rings (SSSR count). The van der Waals surface area contributed by atoms with Crippen molar-refractivity contribution in [3.05, 3.63) is 21.9 Å². The lowest BCUT2D eigenvalue weighted by Gasteiger charge is -2.31. The third-order valence-corrected chi connectivity index (χ3v) is 5.36. The molecule has 116 valence electrons. The summed E-state index contributed by atoms with van der Waals surface area (Å²) in [6, 6.07) is 0.405. The van der Waals surface area contributed by atoms with Gasteiger partial charge < -0.3 is 5.11 Å². The topological polar surface area (TPSA) is 99.6 Å². The van der Waals surface area contributed by atoms with Crippen molar-refractivity contribution >= 4 is 49.4 Å². The van der Waals surface area contributed by atoms with Gasteiger partial charge in [0.1, 0.15) is 6.04 Å². The summed E-state index contributed by atoms with van der Waals surface area (Å²) in [6.07, 6.45) is 3.03. The second-order valence-electron chi connectivity index (χ2n) is 4.56. The average molecular weight is 399 g/mol. The molecule has 1 fully saturated rings. The van der Waals surface area contributed by atoms with Crippen molar-refractivity contribution < 1.29 is 18.3 Å². The highest BCUT2D eigenvalue weighted by atomic mass is 79.9. The van der Waals surface area contributed by atoms with E-state index in [4.69, 9.17) is 16.7 Å². The van der Waals surface area contributed by atoms with Gasteiger partial charge in [-0.15, -0.1) is 0 Å². The molecule has 0 spiro atoms. The standard InChI is InChI=1S/C11H13BrClN3O4S/c12-7-5-8(10(13)14-6-7)15-21(19,20)16-4-2-1-3-9(16)11(17)18/h5-6,9,15H,1-4H2,(H,17,18). The number of anilines is 1. The van der Waals surface area contributed by atoms with E-state index in [9.17, 15) is 13.2 Å². The SMILES string of the molecule is O=C(O)C1CCCCN1S(=O)(=O)Nc1cc(Br)cnc1Cl. The highest BCUT2D eigenvalue weighted by molar-refractivity contribution is 9.10. The van der Waals surface area contributed by atoms with Gasteiger partial charge in [0.15, 0.2) is 5.15 Å². The molecule has 0 saturated carbocycles. The quantitative estimate of drug-likeness (QED) is 0.757. The number of nitrogens with one attached hydrogen (secondary N) is 1. The van der Waals surface area contributed by atoms with E-state index in [1.807, 2.05) is 0 Å². The van der Waals surface area contributed by atoms with Crippen LogP contribution < -0.4 is 4.72 Å². The van der Waals surface area contributed by atoms with Crippen molar-refractivity contribution in [1.82, 2.24) is 9.29 Å². The number of hydrogen-bond donors (Lipinski definition) is 2. The Hall–Kier alpha value is -0.900. The normalized spacial score (nSPS) is 20.2. The molecule has 2 heterocycles. The number of carboxylic acid groups (broad SMARTS) is 1. The Kier molecular flexibility index (Phi) is 5.07. The third-order valence-electron chi connectivity index (χ3n) is 3.09. The lowest BCUT2D eigenvalue weighted by molar-refractivity contribution is -0.142. The Balaban J connectivity index is 2.28. The third kappa shape index (κ3) is 3.85. The van der Waals surface area contributed by atoms with Crippen molar-refractivity contribution in [2.24, 2.45) is 0 Å². The van der Waals surface area contributed by atoms with Crippen molar-refractivity contribution in [1.29, 1.82) is 0 Å². The lowest BCUT2D eigenvalue weighted by Crippen LogP contribution is -2.49. The summed E-state index contributed by atoms with van der Waals surface area (Å²) in [7, 11) is -4.01. The van der Waals surface area contributed by atoms with Crippen LogP contribution in [-0.4, -0.2) is 41.4 Å². The number of aliphatic carboxylic acids is 1. The van der Waals surface area contributed by atoms with E-state index in [1.165, 1.54) is 12.3 Å². The minimum absolute atomic E-state index is 0.00865. The van der Waals surface area contributed by atoms with E-state index >= 15 is 0 Å². The summed E-state index contributed by atoms with van der Waals surface area (Å²) in [5.41, 5.74) is 0.0979. The smallest absolute Gasteiger partial charge is 0.322 e. The Morgan fingerprint density at radius 1 is 1.52 bits per heavy atom. The molecule has 1 aromatic heterocycles. The van der Waals surface area contributed by atoms with Gasteiger partial charge in [0.25, 0.3) is 0 Å². The Morgan fingerprint density at radius 3 is 2.90 bits per heavy atom. The maximum absolute atomic E-state index is 12.4. The minimum Gasteiger partial charge on any atom is -0.480 e. The number of halogens is 2. The molecule has 1 aliphatic heterocycles. The molecule has 7 nitrogen and oxygen atoms in total. The summed E-state index contributed by atoms with van der Waals surface area (Å²) in [6.45, 7) is 0.158. The Labute approximate surface area is 135 Å². The first kappa shape index (κ1) is 16.5. The molecule has 1 unspecified atom stereocenters. The van der Waals surface area contributed by atoms with Crippen LogP contribution in [0.15, 0.2) is 16.7 Å². The van der Waals surface area contributed by atoms with E-state index in [0.29, 0.717) is 23.7 Å². The summed E-state index contributed by atoms with van der Waals surface area (Å²) >= 11 is 9.02. The molecule has 0 radical (unpaired) electrons. The fourth-order valence-electron chi connectivity index (χ4n) is 2.13. The summed E-state index contributed by atoms with van der Waals surface area (Å²) < 4.78 is 28.6. The first-order valence-corrected chi connectivity index (χ1v) is 8.76. The van der Waals surface area contributed by atoms with E-state index in [0.717, 1.165) is 4.31 Å². The number of carbonyl (C=O) groups is 1. The van der Waals surface area contributed by atoms with Gasteiger partial charge in [-0.05, 0) is 41.3 Å². The molecule has 0 aliphatic carbocycles. The molecule has 1 aliphatic rings. The summed E-state index contributed by atoms with van der Waals surface area (Å²) in [5, 5.41) is 9.15. The van der Waals surface area contributed by atoms with Crippen molar-refractivity contribution in [2.75, 3.05) is 11.3 Å².